The highest BCUT2D eigenvalue weighted by Crippen LogP contribution is 2.32. The van der Waals surface area contributed by atoms with E-state index in [9.17, 15) is 14.9 Å². The van der Waals surface area contributed by atoms with Gasteiger partial charge in [0, 0.05) is 6.07 Å². The minimum atomic E-state index is -0.476. The topological polar surface area (TPSA) is 84.3 Å². The molecule has 0 saturated carbocycles. The molecule has 6 heteroatoms. The number of amides is 1. The highest BCUT2D eigenvalue weighted by molar-refractivity contribution is 6.06. The molecule has 2 N–H and O–H groups in total. The van der Waals surface area contributed by atoms with Gasteiger partial charge in [-0.15, -0.1) is 0 Å². The molecule has 0 aliphatic carbocycles. The van der Waals surface area contributed by atoms with Gasteiger partial charge < -0.3 is 0 Å². The Morgan fingerprint density at radius 3 is 2.52 bits per heavy atom. The van der Waals surface area contributed by atoms with Gasteiger partial charge in [0.15, 0.2) is 0 Å². The summed E-state index contributed by atoms with van der Waals surface area (Å²) in [6.07, 6.45) is 1.81. The molecule has 3 aromatic rings. The van der Waals surface area contributed by atoms with Crippen LogP contribution in [0.5, 0.6) is 0 Å². The Morgan fingerprint density at radius 1 is 0.920 bits per heavy atom. The van der Waals surface area contributed by atoms with Gasteiger partial charge in [0.2, 0.25) is 0 Å². The quantitative estimate of drug-likeness (QED) is 0.556. The van der Waals surface area contributed by atoms with Crippen LogP contribution in [-0.4, -0.2) is 10.8 Å². The molecule has 0 aromatic heterocycles. The summed E-state index contributed by atoms with van der Waals surface area (Å²) < 4.78 is 0. The largest absolute Gasteiger partial charge is 0.297 e. The first-order valence-electron chi connectivity index (χ1n) is 7.69. The standard InChI is InChI=1S/C19H13N3O3/c23-19-15-9-4-10-17(22(24)25)18(15)16(20-21-19)11-13-7-3-6-12-5-1-2-8-14(12)13/h1-11,20H,(H,21,23). The second kappa shape index (κ2) is 5.76. The molecule has 25 heavy (non-hydrogen) atoms. The van der Waals surface area contributed by atoms with Crippen LogP contribution in [0.2, 0.25) is 0 Å². The molecule has 1 aliphatic heterocycles. The van der Waals surface area contributed by atoms with E-state index in [1.807, 2.05) is 48.5 Å². The molecule has 0 atom stereocenters. The van der Waals surface area contributed by atoms with Gasteiger partial charge in [0.25, 0.3) is 11.6 Å². The zero-order valence-electron chi connectivity index (χ0n) is 13.0. The molecule has 122 valence electrons. The van der Waals surface area contributed by atoms with Crippen molar-refractivity contribution < 1.29 is 9.72 Å². The number of hydrazine groups is 1. The number of benzene rings is 3. The number of hydrogen-bond acceptors (Lipinski definition) is 4. The summed E-state index contributed by atoms with van der Waals surface area (Å²) in [6.45, 7) is 0. The van der Waals surface area contributed by atoms with E-state index >= 15 is 0 Å². The van der Waals surface area contributed by atoms with Crippen molar-refractivity contribution in [3.8, 4) is 0 Å². The number of carbonyl (C=O) groups excluding carboxylic acids is 1. The SMILES string of the molecule is O=C1NNC(=Cc2cccc3ccccc23)c2c1cccc2[N+](=O)[O-]. The van der Waals surface area contributed by atoms with E-state index < -0.39 is 10.8 Å². The minimum Gasteiger partial charge on any atom is -0.297 e. The lowest BCUT2D eigenvalue weighted by molar-refractivity contribution is -0.385. The second-order valence-electron chi connectivity index (χ2n) is 5.66. The fourth-order valence-corrected chi connectivity index (χ4v) is 3.06. The molecule has 0 fully saturated rings. The fraction of sp³-hybridized carbons (Fsp3) is 0. The van der Waals surface area contributed by atoms with Gasteiger partial charge in [-0.05, 0) is 28.5 Å². The number of fused-ring (bicyclic) bond motifs is 2. The first-order chi connectivity index (χ1) is 12.1. The summed E-state index contributed by atoms with van der Waals surface area (Å²) in [7, 11) is 0. The Labute approximate surface area is 142 Å². The number of carbonyl (C=O) groups is 1. The van der Waals surface area contributed by atoms with Crippen molar-refractivity contribution in [3.05, 3.63) is 87.5 Å². The van der Waals surface area contributed by atoms with Crippen LogP contribution in [0.4, 0.5) is 5.69 Å². The normalized spacial score (nSPS) is 14.7. The predicted octanol–water partition coefficient (Wildman–Crippen LogP) is 3.49. The molecule has 0 saturated heterocycles. The van der Waals surface area contributed by atoms with E-state index in [-0.39, 0.29) is 11.3 Å². The Balaban J connectivity index is 1.96. The average molecular weight is 331 g/mol. The average Bonchev–Trinajstić information content (AvgIpc) is 2.64. The molecule has 3 aromatic carbocycles. The lowest BCUT2D eigenvalue weighted by Gasteiger charge is -2.21. The third kappa shape index (κ3) is 2.49. The lowest BCUT2D eigenvalue weighted by Crippen LogP contribution is -2.41. The number of rotatable bonds is 2. The number of nitrogens with zero attached hydrogens (tertiary/aromatic N) is 1. The zero-order chi connectivity index (χ0) is 17.4. The Bertz CT molecular complexity index is 1040. The Hall–Kier alpha value is -3.67. The number of nitro groups is 1. The van der Waals surface area contributed by atoms with Crippen molar-refractivity contribution >= 4 is 34.1 Å². The molecule has 0 unspecified atom stereocenters. The summed E-state index contributed by atoms with van der Waals surface area (Å²) in [5.74, 6) is -0.395. The zero-order valence-corrected chi connectivity index (χ0v) is 13.0. The van der Waals surface area contributed by atoms with Crippen molar-refractivity contribution in [2.24, 2.45) is 0 Å². The maximum absolute atomic E-state index is 12.0. The Morgan fingerprint density at radius 2 is 1.68 bits per heavy atom. The van der Waals surface area contributed by atoms with Crippen molar-refractivity contribution in [1.82, 2.24) is 10.9 Å². The van der Waals surface area contributed by atoms with Gasteiger partial charge in [0.1, 0.15) is 0 Å². The van der Waals surface area contributed by atoms with E-state index in [2.05, 4.69) is 10.9 Å². The van der Waals surface area contributed by atoms with Crippen LogP contribution < -0.4 is 10.9 Å². The van der Waals surface area contributed by atoms with Crippen LogP contribution in [0.25, 0.3) is 22.5 Å². The fourth-order valence-electron chi connectivity index (χ4n) is 3.06. The molecular formula is C19H13N3O3. The van der Waals surface area contributed by atoms with Crippen molar-refractivity contribution in [2.45, 2.75) is 0 Å². The van der Waals surface area contributed by atoms with Crippen molar-refractivity contribution in [3.63, 3.8) is 0 Å². The molecule has 1 aliphatic rings. The molecule has 0 spiro atoms. The van der Waals surface area contributed by atoms with E-state index in [0.29, 0.717) is 11.3 Å². The molecule has 6 nitrogen and oxygen atoms in total. The summed E-state index contributed by atoms with van der Waals surface area (Å²) in [5.41, 5.74) is 7.19. The van der Waals surface area contributed by atoms with Crippen LogP contribution in [-0.2, 0) is 0 Å². The Kier molecular flexibility index (Phi) is 3.43. The first kappa shape index (κ1) is 14.9. The third-order valence-corrected chi connectivity index (χ3v) is 4.19. The van der Waals surface area contributed by atoms with Crippen LogP contribution in [0, 0.1) is 10.1 Å². The number of hydrogen-bond donors (Lipinski definition) is 2. The lowest BCUT2D eigenvalue weighted by atomic mass is 9.97. The van der Waals surface area contributed by atoms with Gasteiger partial charge in [-0.3, -0.25) is 25.8 Å². The summed E-state index contributed by atoms with van der Waals surface area (Å²) >= 11 is 0. The summed E-state index contributed by atoms with van der Waals surface area (Å²) in [5, 5.41) is 13.5. The second-order valence-corrected chi connectivity index (χ2v) is 5.66. The van der Waals surface area contributed by atoms with Gasteiger partial charge in [-0.1, -0.05) is 48.5 Å². The van der Waals surface area contributed by atoms with Gasteiger partial charge in [-0.2, -0.15) is 0 Å². The molecular weight excluding hydrogens is 318 g/mol. The van der Waals surface area contributed by atoms with Crippen molar-refractivity contribution in [2.75, 3.05) is 0 Å². The minimum absolute atomic E-state index is 0.105. The van der Waals surface area contributed by atoms with E-state index in [0.717, 1.165) is 16.3 Å². The van der Waals surface area contributed by atoms with Gasteiger partial charge in [-0.25, -0.2) is 0 Å². The number of nitrogens with one attached hydrogen (secondary N) is 2. The molecule has 1 amide bonds. The van der Waals surface area contributed by atoms with Crippen LogP contribution in [0.15, 0.2) is 60.7 Å². The van der Waals surface area contributed by atoms with E-state index in [1.165, 1.54) is 12.1 Å². The van der Waals surface area contributed by atoms with Crippen molar-refractivity contribution in [1.29, 1.82) is 0 Å². The number of nitro benzene ring substituents is 1. The molecule has 1 heterocycles. The molecule has 0 bridgehead atoms. The summed E-state index contributed by atoms with van der Waals surface area (Å²) in [4.78, 5) is 23.0. The monoisotopic (exact) mass is 331 g/mol. The smallest absolute Gasteiger partial charge is 0.279 e. The highest BCUT2D eigenvalue weighted by atomic mass is 16.6. The third-order valence-electron chi connectivity index (χ3n) is 4.19. The molecule has 0 radical (unpaired) electrons. The van der Waals surface area contributed by atoms with Crippen LogP contribution in [0.1, 0.15) is 21.5 Å². The van der Waals surface area contributed by atoms with Gasteiger partial charge >= 0.3 is 0 Å². The summed E-state index contributed by atoms with van der Waals surface area (Å²) in [6, 6.07) is 18.2. The maximum atomic E-state index is 12.0. The highest BCUT2D eigenvalue weighted by Gasteiger charge is 2.28. The first-order valence-corrected chi connectivity index (χ1v) is 7.69. The predicted molar refractivity (Wildman–Crippen MR) is 95.5 cm³/mol. The van der Waals surface area contributed by atoms with E-state index in [1.54, 1.807) is 6.07 Å². The van der Waals surface area contributed by atoms with Crippen LogP contribution >= 0.6 is 0 Å². The maximum Gasteiger partial charge on any atom is 0.279 e. The molecule has 4 rings (SSSR count). The van der Waals surface area contributed by atoms with Gasteiger partial charge in [0.05, 0.1) is 21.7 Å². The van der Waals surface area contributed by atoms with E-state index in [4.69, 9.17) is 0 Å². The van der Waals surface area contributed by atoms with Crippen LogP contribution in [0.3, 0.4) is 0 Å².